The van der Waals surface area contributed by atoms with Gasteiger partial charge in [0.25, 0.3) is 0 Å². The van der Waals surface area contributed by atoms with E-state index in [1.807, 2.05) is 6.08 Å². The van der Waals surface area contributed by atoms with Crippen LogP contribution in [0.2, 0.25) is 0 Å². The van der Waals surface area contributed by atoms with Gasteiger partial charge in [0, 0.05) is 0 Å². The topological polar surface area (TPSA) is 0 Å². The first-order chi connectivity index (χ1) is 11.7. The van der Waals surface area contributed by atoms with Gasteiger partial charge in [0.15, 0.2) is 11.6 Å². The zero-order chi connectivity index (χ0) is 16.9. The molecule has 1 aromatic rings. The molecule has 2 aliphatic carbocycles. The average molecular weight is 332 g/mol. The molecule has 0 amide bonds. The fourth-order valence-electron chi connectivity index (χ4n) is 4.99. The number of rotatable bonds is 5. The molecule has 3 rings (SSSR count). The van der Waals surface area contributed by atoms with Crippen molar-refractivity contribution in [2.75, 3.05) is 0 Å². The molecule has 0 bridgehead atoms. The van der Waals surface area contributed by atoms with Gasteiger partial charge in [0.05, 0.1) is 0 Å². The van der Waals surface area contributed by atoms with Crippen LogP contribution in [-0.2, 0) is 0 Å². The molecule has 0 aromatic heterocycles. The lowest BCUT2D eigenvalue weighted by Crippen LogP contribution is -2.25. The van der Waals surface area contributed by atoms with Gasteiger partial charge in [-0.25, -0.2) is 8.78 Å². The van der Waals surface area contributed by atoms with E-state index in [0.717, 1.165) is 42.6 Å². The minimum Gasteiger partial charge on any atom is -0.204 e. The summed E-state index contributed by atoms with van der Waals surface area (Å²) in [6.07, 6.45) is 14.9. The minimum absolute atomic E-state index is 0.417. The van der Waals surface area contributed by atoms with Crippen molar-refractivity contribution >= 4 is 0 Å². The molecule has 0 nitrogen and oxygen atoms in total. The lowest BCUT2D eigenvalue weighted by molar-refractivity contribution is 0.157. The Morgan fingerprint density at radius 2 is 1.50 bits per heavy atom. The fourth-order valence-corrected chi connectivity index (χ4v) is 4.99. The molecule has 2 fully saturated rings. The number of hydrogen-bond acceptors (Lipinski definition) is 0. The van der Waals surface area contributed by atoms with Crippen molar-refractivity contribution in [1.29, 1.82) is 0 Å². The molecule has 2 heteroatoms. The van der Waals surface area contributed by atoms with Crippen LogP contribution in [0, 0.1) is 29.4 Å². The highest BCUT2D eigenvalue weighted by molar-refractivity contribution is 5.22. The van der Waals surface area contributed by atoms with Gasteiger partial charge in [-0.1, -0.05) is 25.0 Å². The summed E-state index contributed by atoms with van der Waals surface area (Å²) in [5.41, 5.74) is 0.987. The van der Waals surface area contributed by atoms with Crippen LogP contribution in [0.1, 0.15) is 75.7 Å². The molecule has 0 unspecified atom stereocenters. The van der Waals surface area contributed by atoms with Crippen molar-refractivity contribution in [2.24, 2.45) is 17.8 Å². The summed E-state index contributed by atoms with van der Waals surface area (Å²) >= 11 is 0. The maximum atomic E-state index is 13.4. The lowest BCUT2D eigenvalue weighted by atomic mass is 9.68. The van der Waals surface area contributed by atoms with Crippen molar-refractivity contribution in [2.45, 2.75) is 70.1 Å². The highest BCUT2D eigenvalue weighted by atomic mass is 19.2. The largest absolute Gasteiger partial charge is 0.204 e. The molecule has 0 atom stereocenters. The second-order valence-corrected chi connectivity index (χ2v) is 7.93. The first-order valence-corrected chi connectivity index (χ1v) is 9.73. The van der Waals surface area contributed by atoms with Gasteiger partial charge < -0.3 is 0 Å². The third kappa shape index (κ3) is 4.26. The van der Waals surface area contributed by atoms with Crippen molar-refractivity contribution in [1.82, 2.24) is 0 Å². The highest BCUT2D eigenvalue weighted by Gasteiger charge is 2.31. The maximum absolute atomic E-state index is 13.4. The van der Waals surface area contributed by atoms with Crippen LogP contribution in [0.25, 0.3) is 0 Å². The Morgan fingerprint density at radius 1 is 0.875 bits per heavy atom. The maximum Gasteiger partial charge on any atom is 0.159 e. The molecule has 0 saturated heterocycles. The summed E-state index contributed by atoms with van der Waals surface area (Å²) < 4.78 is 26.5. The predicted octanol–water partition coefficient (Wildman–Crippen LogP) is 7.01. The van der Waals surface area contributed by atoms with E-state index < -0.39 is 11.6 Å². The highest BCUT2D eigenvalue weighted by Crippen LogP contribution is 2.44. The normalized spacial score (nSPS) is 30.9. The Morgan fingerprint density at radius 3 is 2.08 bits per heavy atom. The van der Waals surface area contributed by atoms with E-state index in [9.17, 15) is 8.78 Å². The van der Waals surface area contributed by atoms with Crippen LogP contribution >= 0.6 is 0 Å². The van der Waals surface area contributed by atoms with Gasteiger partial charge in [-0.2, -0.15) is 0 Å². The number of hydrogen-bond donors (Lipinski definition) is 0. The second-order valence-electron chi connectivity index (χ2n) is 7.93. The van der Waals surface area contributed by atoms with Gasteiger partial charge in [-0.15, -0.1) is 6.58 Å². The quantitative estimate of drug-likeness (QED) is 0.509. The van der Waals surface area contributed by atoms with E-state index in [1.165, 1.54) is 57.1 Å². The first kappa shape index (κ1) is 17.6. The van der Waals surface area contributed by atoms with Crippen molar-refractivity contribution in [3.63, 3.8) is 0 Å². The van der Waals surface area contributed by atoms with Crippen LogP contribution < -0.4 is 0 Å². The summed E-state index contributed by atoms with van der Waals surface area (Å²) in [5, 5.41) is 0. The van der Waals surface area contributed by atoms with Crippen LogP contribution in [0.15, 0.2) is 30.9 Å². The van der Waals surface area contributed by atoms with Crippen molar-refractivity contribution in [3.8, 4) is 0 Å². The zero-order valence-electron chi connectivity index (χ0n) is 14.7. The Labute approximate surface area is 145 Å². The molecule has 0 spiro atoms. The average Bonchev–Trinajstić information content (AvgIpc) is 2.63. The summed E-state index contributed by atoms with van der Waals surface area (Å²) in [6, 6.07) is 4.46. The van der Waals surface area contributed by atoms with Crippen LogP contribution in [0.5, 0.6) is 0 Å². The Kier molecular flexibility index (Phi) is 6.08. The van der Waals surface area contributed by atoms with E-state index in [0.29, 0.717) is 5.92 Å². The molecule has 1 aromatic carbocycles. The fraction of sp³-hybridized carbons (Fsp3) is 0.636. The SMILES string of the molecule is C=CCC[C@H]1CC[C@H](C2CCC(c3ccc(F)c(F)c3)CC2)CC1. The summed E-state index contributed by atoms with van der Waals surface area (Å²) in [7, 11) is 0. The van der Waals surface area contributed by atoms with E-state index in [1.54, 1.807) is 6.07 Å². The molecule has 0 radical (unpaired) electrons. The number of halogens is 2. The van der Waals surface area contributed by atoms with Crippen LogP contribution in [-0.4, -0.2) is 0 Å². The van der Waals surface area contributed by atoms with E-state index in [-0.39, 0.29) is 0 Å². The van der Waals surface area contributed by atoms with E-state index in [2.05, 4.69) is 6.58 Å². The first-order valence-electron chi connectivity index (χ1n) is 9.73. The molecule has 0 N–H and O–H groups in total. The third-order valence-corrected chi connectivity index (χ3v) is 6.52. The zero-order valence-corrected chi connectivity index (χ0v) is 14.7. The Hall–Kier alpha value is -1.18. The van der Waals surface area contributed by atoms with Gasteiger partial charge in [-0.05, 0) is 92.7 Å². The molecule has 0 heterocycles. The molecule has 24 heavy (non-hydrogen) atoms. The summed E-state index contributed by atoms with van der Waals surface area (Å²) in [5.74, 6) is 1.65. The van der Waals surface area contributed by atoms with Gasteiger partial charge in [-0.3, -0.25) is 0 Å². The van der Waals surface area contributed by atoms with Gasteiger partial charge in [0.1, 0.15) is 0 Å². The molecule has 2 saturated carbocycles. The third-order valence-electron chi connectivity index (χ3n) is 6.52. The number of allylic oxidation sites excluding steroid dienone is 1. The molecular formula is C22H30F2. The summed E-state index contributed by atoms with van der Waals surface area (Å²) in [6.45, 7) is 3.83. The molecule has 0 aliphatic heterocycles. The van der Waals surface area contributed by atoms with E-state index >= 15 is 0 Å². The monoisotopic (exact) mass is 332 g/mol. The van der Waals surface area contributed by atoms with E-state index in [4.69, 9.17) is 0 Å². The van der Waals surface area contributed by atoms with Crippen LogP contribution in [0.4, 0.5) is 8.78 Å². The van der Waals surface area contributed by atoms with Crippen molar-refractivity contribution in [3.05, 3.63) is 48.1 Å². The van der Waals surface area contributed by atoms with Crippen LogP contribution in [0.3, 0.4) is 0 Å². The van der Waals surface area contributed by atoms with Gasteiger partial charge in [0.2, 0.25) is 0 Å². The minimum atomic E-state index is -0.736. The smallest absolute Gasteiger partial charge is 0.159 e. The predicted molar refractivity (Wildman–Crippen MR) is 95.9 cm³/mol. The lowest BCUT2D eigenvalue weighted by Gasteiger charge is -2.38. The molecular weight excluding hydrogens is 302 g/mol. The summed E-state index contributed by atoms with van der Waals surface area (Å²) in [4.78, 5) is 0. The van der Waals surface area contributed by atoms with Gasteiger partial charge >= 0.3 is 0 Å². The molecule has 2 aliphatic rings. The number of benzene rings is 1. The second kappa shape index (κ2) is 8.27. The Balaban J connectivity index is 1.47. The van der Waals surface area contributed by atoms with Crippen molar-refractivity contribution < 1.29 is 8.78 Å². The standard InChI is InChI=1S/C22H30F2/c1-2-3-4-16-5-7-17(8-6-16)18-9-11-19(12-10-18)20-13-14-21(23)22(24)15-20/h2,13-19H,1,3-12H2/t16-,17-,18?,19?. The molecule has 132 valence electrons. The Bertz CT molecular complexity index is 535.